The van der Waals surface area contributed by atoms with Crippen molar-refractivity contribution in [1.82, 2.24) is 18.7 Å². The molecule has 3 aromatic rings. The number of phenols is 1. The summed E-state index contributed by atoms with van der Waals surface area (Å²) < 4.78 is 9.29. The van der Waals surface area contributed by atoms with Gasteiger partial charge in [-0.05, 0) is 30.7 Å². The zero-order chi connectivity index (χ0) is 21.1. The van der Waals surface area contributed by atoms with E-state index < -0.39 is 11.2 Å². The molecule has 1 aromatic carbocycles. The smallest absolute Gasteiger partial charge is 0.332 e. The van der Waals surface area contributed by atoms with Crippen molar-refractivity contribution in [2.45, 2.75) is 13.5 Å². The molecule has 2 heterocycles. The van der Waals surface area contributed by atoms with E-state index in [9.17, 15) is 14.7 Å². The zero-order valence-corrected chi connectivity index (χ0v) is 16.4. The molecular weight excluding hydrogens is 376 g/mol. The van der Waals surface area contributed by atoms with E-state index in [0.717, 1.165) is 4.57 Å². The van der Waals surface area contributed by atoms with E-state index in [2.05, 4.69) is 22.1 Å². The van der Waals surface area contributed by atoms with Gasteiger partial charge in [-0.25, -0.2) is 10.2 Å². The maximum absolute atomic E-state index is 12.6. The van der Waals surface area contributed by atoms with Gasteiger partial charge in [0.1, 0.15) is 0 Å². The minimum absolute atomic E-state index is 0.0431. The van der Waals surface area contributed by atoms with Gasteiger partial charge in [-0.3, -0.25) is 18.5 Å². The highest BCUT2D eigenvalue weighted by atomic mass is 16.5. The third kappa shape index (κ3) is 3.64. The number of rotatable bonds is 7. The van der Waals surface area contributed by atoms with Gasteiger partial charge < -0.3 is 9.84 Å². The highest BCUT2D eigenvalue weighted by Crippen LogP contribution is 2.26. The summed E-state index contributed by atoms with van der Waals surface area (Å²) in [6.45, 7) is 6.26. The molecule has 10 nitrogen and oxygen atoms in total. The number of allylic oxidation sites excluding steroid dienone is 1. The molecule has 0 aliphatic rings. The van der Waals surface area contributed by atoms with E-state index in [1.165, 1.54) is 23.9 Å². The fourth-order valence-electron chi connectivity index (χ4n) is 2.89. The topological polar surface area (TPSA) is 116 Å². The summed E-state index contributed by atoms with van der Waals surface area (Å²) in [6, 6.07) is 4.84. The van der Waals surface area contributed by atoms with Crippen LogP contribution >= 0.6 is 0 Å². The molecule has 0 unspecified atom stereocenters. The first-order valence-corrected chi connectivity index (χ1v) is 8.91. The molecule has 2 aromatic heterocycles. The van der Waals surface area contributed by atoms with Crippen LogP contribution in [0.5, 0.6) is 11.5 Å². The lowest BCUT2D eigenvalue weighted by atomic mass is 10.2. The summed E-state index contributed by atoms with van der Waals surface area (Å²) in [5, 5.41) is 13.9. The Morgan fingerprint density at radius 3 is 2.76 bits per heavy atom. The summed E-state index contributed by atoms with van der Waals surface area (Å²) >= 11 is 0. The largest absolute Gasteiger partial charge is 0.504 e. The minimum atomic E-state index is -0.464. The van der Waals surface area contributed by atoms with Gasteiger partial charge in [0.05, 0.1) is 12.8 Å². The fraction of sp³-hybridized carbons (Fsp3) is 0.263. The zero-order valence-electron chi connectivity index (χ0n) is 16.4. The van der Waals surface area contributed by atoms with Crippen molar-refractivity contribution < 1.29 is 9.84 Å². The molecule has 0 fully saturated rings. The van der Waals surface area contributed by atoms with Gasteiger partial charge in [0.2, 0.25) is 5.95 Å². The van der Waals surface area contributed by atoms with Crippen LogP contribution in [0.1, 0.15) is 12.5 Å². The Hall–Kier alpha value is -3.82. The Labute approximate surface area is 166 Å². The van der Waals surface area contributed by atoms with Crippen LogP contribution in [0.15, 0.2) is 45.5 Å². The maximum Gasteiger partial charge on any atom is 0.332 e. The van der Waals surface area contributed by atoms with E-state index in [1.807, 2.05) is 6.92 Å². The Balaban J connectivity index is 2.00. The first-order chi connectivity index (χ1) is 13.9. The quantitative estimate of drug-likeness (QED) is 0.351. The van der Waals surface area contributed by atoms with E-state index >= 15 is 0 Å². The molecule has 3 rings (SSSR count). The third-order valence-corrected chi connectivity index (χ3v) is 4.32. The molecule has 0 spiro atoms. The number of aromatic nitrogens is 4. The van der Waals surface area contributed by atoms with Gasteiger partial charge >= 0.3 is 5.69 Å². The van der Waals surface area contributed by atoms with E-state index in [0.29, 0.717) is 30.4 Å². The average Bonchev–Trinajstić information content (AvgIpc) is 3.06. The van der Waals surface area contributed by atoms with Crippen molar-refractivity contribution in [1.29, 1.82) is 0 Å². The fourth-order valence-corrected chi connectivity index (χ4v) is 2.89. The SMILES string of the molecule is C=CCn1c(N/N=C\c2ccc(O)c(OCC)c2)nc2c1c(=O)n(C)c(=O)n2C. The standard InChI is InChI=1S/C19H22N6O4/c1-5-9-25-15-16(23(3)19(28)24(4)17(15)27)21-18(25)22-20-11-12-7-8-13(26)14(10-12)29-6-2/h5,7-8,10-11,26H,1,6,9H2,2-4H3,(H,21,22)/b20-11-. The van der Waals surface area contributed by atoms with Crippen molar-refractivity contribution in [3.05, 3.63) is 57.3 Å². The number of anilines is 1. The second-order valence-electron chi connectivity index (χ2n) is 6.24. The van der Waals surface area contributed by atoms with Crippen molar-refractivity contribution in [3.8, 4) is 11.5 Å². The van der Waals surface area contributed by atoms with Gasteiger partial charge in [0, 0.05) is 20.6 Å². The predicted octanol–water partition coefficient (Wildman–Crippen LogP) is 1.17. The first kappa shape index (κ1) is 19.9. The van der Waals surface area contributed by atoms with Gasteiger partial charge in [-0.1, -0.05) is 6.08 Å². The number of aromatic hydroxyl groups is 1. The van der Waals surface area contributed by atoms with Crippen LogP contribution in [0.2, 0.25) is 0 Å². The van der Waals surface area contributed by atoms with Crippen LogP contribution in [0.4, 0.5) is 5.95 Å². The molecule has 0 aliphatic heterocycles. The molecule has 152 valence electrons. The average molecular weight is 398 g/mol. The number of hydrogen-bond donors (Lipinski definition) is 2. The molecule has 2 N–H and O–H groups in total. The number of aryl methyl sites for hydroxylation is 1. The molecule has 0 amide bonds. The van der Waals surface area contributed by atoms with Gasteiger partial charge in [0.25, 0.3) is 5.56 Å². The van der Waals surface area contributed by atoms with Crippen molar-refractivity contribution in [2.75, 3.05) is 12.0 Å². The van der Waals surface area contributed by atoms with Crippen LogP contribution in [-0.2, 0) is 20.6 Å². The second kappa shape index (κ2) is 8.05. The molecule has 0 aliphatic carbocycles. The molecule has 0 saturated heterocycles. The number of hydrogen-bond acceptors (Lipinski definition) is 7. The van der Waals surface area contributed by atoms with Crippen molar-refractivity contribution in [2.24, 2.45) is 19.2 Å². The number of imidazole rings is 1. The molecule has 0 bridgehead atoms. The van der Waals surface area contributed by atoms with Gasteiger partial charge in [0.15, 0.2) is 22.7 Å². The Morgan fingerprint density at radius 1 is 1.31 bits per heavy atom. The van der Waals surface area contributed by atoms with E-state index in [1.54, 1.807) is 29.8 Å². The van der Waals surface area contributed by atoms with Crippen LogP contribution in [0.25, 0.3) is 11.2 Å². The molecule has 0 radical (unpaired) electrons. The number of nitrogens with one attached hydrogen (secondary N) is 1. The van der Waals surface area contributed by atoms with Crippen molar-refractivity contribution >= 4 is 23.3 Å². The summed E-state index contributed by atoms with van der Waals surface area (Å²) in [5.74, 6) is 0.689. The highest BCUT2D eigenvalue weighted by Gasteiger charge is 2.18. The number of fused-ring (bicyclic) bond motifs is 1. The number of nitrogens with zero attached hydrogens (tertiary/aromatic N) is 5. The third-order valence-electron chi connectivity index (χ3n) is 4.32. The lowest BCUT2D eigenvalue weighted by molar-refractivity contribution is 0.318. The summed E-state index contributed by atoms with van der Waals surface area (Å²) in [7, 11) is 2.97. The predicted molar refractivity (Wildman–Crippen MR) is 111 cm³/mol. The summed E-state index contributed by atoms with van der Waals surface area (Å²) in [6.07, 6.45) is 3.14. The Morgan fingerprint density at radius 2 is 2.07 bits per heavy atom. The van der Waals surface area contributed by atoms with Crippen LogP contribution in [0, 0.1) is 0 Å². The lowest BCUT2D eigenvalue weighted by Crippen LogP contribution is -2.37. The Kier molecular flexibility index (Phi) is 5.53. The van der Waals surface area contributed by atoms with E-state index in [4.69, 9.17) is 4.74 Å². The highest BCUT2D eigenvalue weighted by molar-refractivity contribution is 5.81. The molecule has 29 heavy (non-hydrogen) atoms. The lowest BCUT2D eigenvalue weighted by Gasteiger charge is -2.07. The normalized spacial score (nSPS) is 11.3. The molecule has 0 saturated carbocycles. The van der Waals surface area contributed by atoms with Gasteiger partial charge in [-0.2, -0.15) is 10.1 Å². The first-order valence-electron chi connectivity index (χ1n) is 8.91. The Bertz CT molecular complexity index is 1220. The van der Waals surface area contributed by atoms with Crippen LogP contribution < -0.4 is 21.4 Å². The monoisotopic (exact) mass is 398 g/mol. The van der Waals surface area contributed by atoms with Gasteiger partial charge in [-0.15, -0.1) is 6.58 Å². The number of benzene rings is 1. The molecule has 0 atom stereocenters. The maximum atomic E-state index is 12.6. The second-order valence-corrected chi connectivity index (χ2v) is 6.24. The van der Waals surface area contributed by atoms with Crippen LogP contribution in [0.3, 0.4) is 0 Å². The summed E-state index contributed by atoms with van der Waals surface area (Å²) in [5.41, 5.74) is 3.10. The number of ether oxygens (including phenoxy) is 1. The van der Waals surface area contributed by atoms with Crippen LogP contribution in [-0.4, -0.2) is 36.6 Å². The number of hydrazone groups is 1. The van der Waals surface area contributed by atoms with E-state index in [-0.39, 0.29) is 16.9 Å². The number of phenolic OH excluding ortho intramolecular Hbond substituents is 1. The minimum Gasteiger partial charge on any atom is -0.504 e. The summed E-state index contributed by atoms with van der Waals surface area (Å²) in [4.78, 5) is 29.1. The van der Waals surface area contributed by atoms with Crippen molar-refractivity contribution in [3.63, 3.8) is 0 Å². The molecule has 10 heteroatoms. The molecular formula is C19H22N6O4.